The number of carbonyl (C=O) groups excluding carboxylic acids is 1. The molecule has 136 valence electrons. The van der Waals surface area contributed by atoms with Gasteiger partial charge in [0.2, 0.25) is 0 Å². The molecule has 3 N–H and O–H groups in total. The zero-order valence-corrected chi connectivity index (χ0v) is 15.1. The van der Waals surface area contributed by atoms with Crippen molar-refractivity contribution in [3.63, 3.8) is 0 Å². The fraction of sp³-hybridized carbons (Fsp3) is 0.250. The lowest BCUT2D eigenvalue weighted by Crippen LogP contribution is -2.44. The predicted molar refractivity (Wildman–Crippen MR) is 98.1 cm³/mol. The molecule has 0 saturated carbocycles. The van der Waals surface area contributed by atoms with Crippen LogP contribution in [0.3, 0.4) is 0 Å². The number of nitrogens with one attached hydrogen (secondary N) is 3. The maximum atomic E-state index is 12.9. The van der Waals surface area contributed by atoms with Gasteiger partial charge in [0.15, 0.2) is 11.9 Å². The van der Waals surface area contributed by atoms with E-state index in [1.807, 2.05) is 0 Å². The van der Waals surface area contributed by atoms with Crippen LogP contribution >= 0.6 is 23.2 Å². The molecule has 3 rings (SSSR count). The van der Waals surface area contributed by atoms with E-state index in [1.54, 1.807) is 31.2 Å². The summed E-state index contributed by atoms with van der Waals surface area (Å²) in [5.41, 5.74) is 6.48. The predicted octanol–water partition coefficient (Wildman–Crippen LogP) is 2.50. The molecule has 1 saturated heterocycles. The third kappa shape index (κ3) is 3.63. The molecule has 2 heterocycles. The minimum atomic E-state index is -0.940. The number of hydrogen-bond acceptors (Lipinski definition) is 7. The summed E-state index contributed by atoms with van der Waals surface area (Å²) in [5, 5.41) is 14.8. The van der Waals surface area contributed by atoms with Gasteiger partial charge in [-0.3, -0.25) is 14.9 Å². The Hall–Kier alpha value is -2.26. The van der Waals surface area contributed by atoms with Crippen LogP contribution in [0.2, 0.25) is 10.2 Å². The summed E-state index contributed by atoms with van der Waals surface area (Å²) >= 11 is 12.1. The van der Waals surface area contributed by atoms with E-state index in [0.717, 1.165) is 0 Å². The number of anilines is 1. The number of benzene rings is 1. The molecule has 0 bridgehead atoms. The second-order valence-corrected chi connectivity index (χ2v) is 6.63. The van der Waals surface area contributed by atoms with Crippen LogP contribution in [0.1, 0.15) is 22.8 Å². The van der Waals surface area contributed by atoms with Crippen molar-refractivity contribution in [2.24, 2.45) is 0 Å². The molecular weight excluding hydrogens is 381 g/mol. The van der Waals surface area contributed by atoms with E-state index in [0.29, 0.717) is 16.3 Å². The number of carbonyl (C=O) groups is 1. The summed E-state index contributed by atoms with van der Waals surface area (Å²) in [4.78, 5) is 27.8. The number of pyridine rings is 1. The molecule has 3 atom stereocenters. The third-order valence-corrected chi connectivity index (χ3v) is 4.64. The Kier molecular flexibility index (Phi) is 5.38. The van der Waals surface area contributed by atoms with Crippen LogP contribution in [-0.4, -0.2) is 33.9 Å². The number of ketones is 1. The Morgan fingerprint density at radius 3 is 2.69 bits per heavy atom. The minimum absolute atomic E-state index is 0.153. The molecule has 3 unspecified atom stereocenters. The first-order chi connectivity index (χ1) is 12.4. The molecule has 1 aromatic heterocycles. The lowest BCUT2D eigenvalue weighted by atomic mass is 10.0. The van der Waals surface area contributed by atoms with E-state index in [2.05, 4.69) is 21.2 Å². The SMILES string of the molecule is CC1NNC(Nc2cc(Cl)ncc2C(=O)c2ccccc2Cl)C1[N+](=O)[O-]. The Bertz CT molecular complexity index is 864. The van der Waals surface area contributed by atoms with Gasteiger partial charge in [-0.25, -0.2) is 15.8 Å². The fourth-order valence-electron chi connectivity index (χ4n) is 2.79. The van der Waals surface area contributed by atoms with Crippen molar-refractivity contribution in [1.82, 2.24) is 15.8 Å². The Balaban J connectivity index is 1.96. The van der Waals surface area contributed by atoms with Gasteiger partial charge in [0.25, 0.3) is 6.04 Å². The number of hydrogen-bond donors (Lipinski definition) is 3. The third-order valence-electron chi connectivity index (χ3n) is 4.11. The average Bonchev–Trinajstić information content (AvgIpc) is 2.95. The van der Waals surface area contributed by atoms with Gasteiger partial charge >= 0.3 is 0 Å². The highest BCUT2D eigenvalue weighted by atomic mass is 35.5. The summed E-state index contributed by atoms with van der Waals surface area (Å²) in [6.45, 7) is 1.69. The molecule has 1 aliphatic rings. The van der Waals surface area contributed by atoms with Crippen LogP contribution < -0.4 is 16.2 Å². The highest BCUT2D eigenvalue weighted by Crippen LogP contribution is 2.26. The quantitative estimate of drug-likeness (QED) is 0.308. The summed E-state index contributed by atoms with van der Waals surface area (Å²) in [5.74, 6) is -0.362. The molecule has 26 heavy (non-hydrogen) atoms. The molecule has 0 aliphatic carbocycles. The first kappa shape index (κ1) is 18.5. The summed E-state index contributed by atoms with van der Waals surface area (Å²) in [6, 6.07) is 6.73. The molecule has 0 amide bonds. The maximum Gasteiger partial charge on any atom is 0.263 e. The van der Waals surface area contributed by atoms with Gasteiger partial charge in [0, 0.05) is 16.7 Å². The Labute approximate surface area is 159 Å². The number of rotatable bonds is 5. The number of hydrazine groups is 1. The lowest BCUT2D eigenvalue weighted by molar-refractivity contribution is -0.524. The van der Waals surface area contributed by atoms with Crippen molar-refractivity contribution in [3.8, 4) is 0 Å². The second kappa shape index (κ2) is 7.55. The number of halogens is 2. The zero-order valence-electron chi connectivity index (χ0n) is 13.6. The molecule has 1 fully saturated rings. The maximum absolute atomic E-state index is 12.9. The van der Waals surface area contributed by atoms with Crippen LogP contribution in [0.5, 0.6) is 0 Å². The first-order valence-electron chi connectivity index (χ1n) is 7.74. The number of aromatic nitrogens is 1. The van der Waals surface area contributed by atoms with E-state index in [1.165, 1.54) is 12.3 Å². The highest BCUT2D eigenvalue weighted by molar-refractivity contribution is 6.35. The zero-order chi connectivity index (χ0) is 18.8. The second-order valence-electron chi connectivity index (χ2n) is 5.84. The largest absolute Gasteiger partial charge is 0.362 e. The van der Waals surface area contributed by atoms with Crippen molar-refractivity contribution in [1.29, 1.82) is 0 Å². The van der Waals surface area contributed by atoms with E-state index in [-0.39, 0.29) is 21.4 Å². The van der Waals surface area contributed by atoms with Crippen LogP contribution in [-0.2, 0) is 0 Å². The average molecular weight is 396 g/mol. The van der Waals surface area contributed by atoms with Crippen LogP contribution in [0.25, 0.3) is 0 Å². The molecule has 0 radical (unpaired) electrons. The van der Waals surface area contributed by atoms with Gasteiger partial charge in [-0.1, -0.05) is 35.3 Å². The van der Waals surface area contributed by atoms with Gasteiger partial charge in [-0.2, -0.15) is 0 Å². The van der Waals surface area contributed by atoms with Gasteiger partial charge in [0.1, 0.15) is 5.15 Å². The molecule has 10 heteroatoms. The van der Waals surface area contributed by atoms with E-state index >= 15 is 0 Å². The van der Waals surface area contributed by atoms with E-state index in [4.69, 9.17) is 23.2 Å². The standard InChI is InChI=1S/C16H15Cl2N5O3/c1-8-14(23(25)26)16(22-21-8)20-12-6-13(18)19-7-10(12)15(24)9-4-2-3-5-11(9)17/h2-8,14,16,21-22H,1H3,(H,19,20). The Morgan fingerprint density at radius 1 is 1.27 bits per heavy atom. The van der Waals surface area contributed by atoms with Crippen LogP contribution in [0.15, 0.2) is 36.5 Å². The lowest BCUT2D eigenvalue weighted by Gasteiger charge is -2.19. The summed E-state index contributed by atoms with van der Waals surface area (Å²) < 4.78 is 0. The monoisotopic (exact) mass is 395 g/mol. The fourth-order valence-corrected chi connectivity index (χ4v) is 3.17. The van der Waals surface area contributed by atoms with E-state index < -0.39 is 18.2 Å². The summed E-state index contributed by atoms with van der Waals surface area (Å²) in [7, 11) is 0. The molecule has 0 spiro atoms. The highest BCUT2D eigenvalue weighted by Gasteiger charge is 2.42. The smallest absolute Gasteiger partial charge is 0.263 e. The topological polar surface area (TPSA) is 109 Å². The first-order valence-corrected chi connectivity index (χ1v) is 8.50. The molecular formula is C16H15Cl2N5O3. The molecule has 1 aliphatic heterocycles. The van der Waals surface area contributed by atoms with Crippen molar-refractivity contribution in [2.45, 2.75) is 25.2 Å². The van der Waals surface area contributed by atoms with E-state index in [9.17, 15) is 14.9 Å². The number of nitrogens with zero attached hydrogens (tertiary/aromatic N) is 2. The summed E-state index contributed by atoms with van der Waals surface area (Å²) in [6.07, 6.45) is 0.583. The van der Waals surface area contributed by atoms with Crippen LogP contribution in [0, 0.1) is 10.1 Å². The minimum Gasteiger partial charge on any atom is -0.362 e. The van der Waals surface area contributed by atoms with Crippen molar-refractivity contribution in [3.05, 3.63) is 67.9 Å². The van der Waals surface area contributed by atoms with Crippen molar-refractivity contribution in [2.75, 3.05) is 5.32 Å². The van der Waals surface area contributed by atoms with Gasteiger partial charge in [0.05, 0.1) is 22.3 Å². The molecule has 8 nitrogen and oxygen atoms in total. The van der Waals surface area contributed by atoms with Crippen molar-refractivity contribution < 1.29 is 9.72 Å². The number of nitro groups is 1. The van der Waals surface area contributed by atoms with Gasteiger partial charge < -0.3 is 5.32 Å². The van der Waals surface area contributed by atoms with Crippen molar-refractivity contribution >= 4 is 34.7 Å². The van der Waals surface area contributed by atoms with Crippen LogP contribution in [0.4, 0.5) is 5.69 Å². The Morgan fingerprint density at radius 2 is 2.00 bits per heavy atom. The molecule has 2 aromatic rings. The van der Waals surface area contributed by atoms with Gasteiger partial charge in [-0.15, -0.1) is 0 Å². The molecule has 1 aromatic carbocycles. The van der Waals surface area contributed by atoms with Gasteiger partial charge in [-0.05, 0) is 25.1 Å². The normalized spacial score (nSPS) is 22.2.